The van der Waals surface area contributed by atoms with E-state index in [0.29, 0.717) is 11.3 Å². The van der Waals surface area contributed by atoms with Crippen LogP contribution in [0.2, 0.25) is 0 Å². The smallest absolute Gasteiger partial charge is 0.251 e. The van der Waals surface area contributed by atoms with Crippen LogP contribution in [0.25, 0.3) is 0 Å². The molecule has 1 aliphatic heterocycles. The van der Waals surface area contributed by atoms with Crippen molar-refractivity contribution in [2.45, 2.75) is 34.2 Å². The number of ether oxygens (including phenoxy) is 3. The third-order valence-corrected chi connectivity index (χ3v) is 8.31. The van der Waals surface area contributed by atoms with E-state index in [1.54, 1.807) is 6.92 Å². The number of sulfone groups is 1. The van der Waals surface area contributed by atoms with Crippen molar-refractivity contribution in [2.24, 2.45) is 5.14 Å². The quantitative estimate of drug-likeness (QED) is 0.757. The van der Waals surface area contributed by atoms with Crippen molar-refractivity contribution in [3.05, 3.63) is 17.0 Å². The van der Waals surface area contributed by atoms with Crippen molar-refractivity contribution >= 4 is 31.2 Å². The molecule has 2 heterocycles. The number of fused-ring (bicyclic) bond motifs is 1. The van der Waals surface area contributed by atoms with Gasteiger partial charge in [-0.1, -0.05) is 6.58 Å². The highest BCUT2D eigenvalue weighted by atomic mass is 32.3. The molecule has 0 fully saturated rings. The van der Waals surface area contributed by atoms with Crippen LogP contribution in [0.5, 0.6) is 5.75 Å². The van der Waals surface area contributed by atoms with Gasteiger partial charge >= 0.3 is 0 Å². The molecule has 2 atom stereocenters. The average molecular weight is 383 g/mol. The van der Waals surface area contributed by atoms with E-state index in [1.165, 1.54) is 14.2 Å². The van der Waals surface area contributed by atoms with E-state index in [1.807, 2.05) is 0 Å². The second-order valence-electron chi connectivity index (χ2n) is 4.84. The fourth-order valence-corrected chi connectivity index (χ4v) is 6.50. The molecule has 0 spiro atoms. The first kappa shape index (κ1) is 18.4. The molecule has 2 N–H and O–H groups in total. The third-order valence-electron chi connectivity index (χ3n) is 3.34. The Kier molecular flexibility index (Phi) is 4.91. The minimum absolute atomic E-state index is 0.0276. The molecule has 0 aromatic carbocycles. The highest BCUT2D eigenvalue weighted by Crippen LogP contribution is 2.51. The first-order chi connectivity index (χ1) is 10.5. The van der Waals surface area contributed by atoms with Crippen LogP contribution in [0.4, 0.5) is 0 Å². The van der Waals surface area contributed by atoms with Gasteiger partial charge in [-0.15, -0.1) is 11.3 Å². The average Bonchev–Trinajstić information content (AvgIpc) is 2.85. The predicted molar refractivity (Wildman–Crippen MR) is 83.5 cm³/mol. The molecule has 11 heteroatoms. The van der Waals surface area contributed by atoms with Gasteiger partial charge in [-0.05, 0) is 6.92 Å². The molecule has 0 bridgehead atoms. The van der Waals surface area contributed by atoms with Gasteiger partial charge in [0.1, 0.15) is 4.21 Å². The number of nitrogens with two attached hydrogens (primary N) is 1. The van der Waals surface area contributed by atoms with Gasteiger partial charge in [-0.2, -0.15) is 0 Å². The summed E-state index contributed by atoms with van der Waals surface area (Å²) in [5, 5.41) is 5.16. The molecule has 0 saturated carbocycles. The van der Waals surface area contributed by atoms with Crippen LogP contribution in [-0.4, -0.2) is 37.3 Å². The molecule has 0 aliphatic carbocycles. The second-order valence-corrected chi connectivity index (χ2v) is 9.87. The summed E-state index contributed by atoms with van der Waals surface area (Å²) in [4.78, 5) is -0.0665. The van der Waals surface area contributed by atoms with Gasteiger partial charge in [0, 0.05) is 18.4 Å². The lowest BCUT2D eigenvalue weighted by Crippen LogP contribution is -2.22. The maximum absolute atomic E-state index is 12.4. The van der Waals surface area contributed by atoms with Crippen LogP contribution >= 0.6 is 11.3 Å². The summed E-state index contributed by atoms with van der Waals surface area (Å²) in [6, 6.07) is 0. The fraction of sp³-hybridized carbons (Fsp3) is 0.500. The van der Waals surface area contributed by atoms with E-state index in [0.717, 1.165) is 0 Å². The molecule has 8 nitrogen and oxygen atoms in total. The lowest BCUT2D eigenvalue weighted by molar-refractivity contribution is -0.146. The molecule has 2 rings (SSSR count). The Morgan fingerprint density at radius 1 is 1.39 bits per heavy atom. The zero-order chi connectivity index (χ0) is 17.6. The lowest BCUT2D eigenvalue weighted by atomic mass is 10.1. The third kappa shape index (κ3) is 3.16. The largest absolute Gasteiger partial charge is 0.494 e. The highest BCUT2D eigenvalue weighted by Gasteiger charge is 2.42. The van der Waals surface area contributed by atoms with Crippen molar-refractivity contribution in [1.82, 2.24) is 0 Å². The summed E-state index contributed by atoms with van der Waals surface area (Å²) in [5.41, 5.74) is 0.137. The number of methoxy groups -OCH3 is 2. The molecule has 0 amide bonds. The molecular formula is C12H17NO7S3. The Morgan fingerprint density at radius 3 is 2.48 bits per heavy atom. The van der Waals surface area contributed by atoms with Crippen LogP contribution in [-0.2, 0) is 29.3 Å². The molecule has 130 valence electrons. The van der Waals surface area contributed by atoms with E-state index in [2.05, 4.69) is 6.58 Å². The Morgan fingerprint density at radius 2 is 2.00 bits per heavy atom. The van der Waals surface area contributed by atoms with Gasteiger partial charge in [0.25, 0.3) is 10.0 Å². The monoisotopic (exact) mass is 383 g/mol. The molecule has 0 saturated heterocycles. The molecule has 0 radical (unpaired) electrons. The molecule has 2 unspecified atom stereocenters. The Balaban J connectivity index is 2.75. The summed E-state index contributed by atoms with van der Waals surface area (Å²) < 4.78 is 63.6. The van der Waals surface area contributed by atoms with Crippen LogP contribution in [0.3, 0.4) is 0 Å². The Bertz CT molecular complexity index is 838. The molecule has 1 aromatic heterocycles. The zero-order valence-corrected chi connectivity index (χ0v) is 15.2. The number of thiophene rings is 1. The number of rotatable bonds is 5. The van der Waals surface area contributed by atoms with Crippen LogP contribution in [0.15, 0.2) is 19.9 Å². The van der Waals surface area contributed by atoms with Crippen molar-refractivity contribution in [2.75, 3.05) is 14.2 Å². The van der Waals surface area contributed by atoms with E-state index < -0.39 is 32.3 Å². The van der Waals surface area contributed by atoms with Gasteiger partial charge in [-0.3, -0.25) is 0 Å². The Hall–Kier alpha value is -0.980. The predicted octanol–water partition coefficient (Wildman–Crippen LogP) is 1.15. The van der Waals surface area contributed by atoms with Crippen LogP contribution in [0.1, 0.15) is 25.0 Å². The number of hydrogen-bond acceptors (Lipinski definition) is 8. The SMILES string of the molecule is C=C1CC(OC(C)OC)c2c(sc(S(N)(=O)=O)c2OC)S1(=O)=O. The van der Waals surface area contributed by atoms with Gasteiger partial charge in [0.15, 0.2) is 16.2 Å². The normalized spacial score (nSPS) is 21.7. The fourth-order valence-electron chi connectivity index (χ4n) is 2.20. The van der Waals surface area contributed by atoms with Crippen LogP contribution < -0.4 is 9.88 Å². The molecular weight excluding hydrogens is 366 g/mol. The minimum atomic E-state index is -4.15. The molecule has 23 heavy (non-hydrogen) atoms. The van der Waals surface area contributed by atoms with Gasteiger partial charge in [-0.25, -0.2) is 22.0 Å². The minimum Gasteiger partial charge on any atom is -0.494 e. The molecule has 1 aromatic rings. The van der Waals surface area contributed by atoms with Crippen molar-refractivity contribution in [3.8, 4) is 5.75 Å². The first-order valence-corrected chi connectivity index (χ1v) is 10.2. The number of sulfonamides is 1. The van der Waals surface area contributed by atoms with Gasteiger partial charge in [0.05, 0.1) is 18.8 Å². The number of primary sulfonamides is 1. The standard InChI is InChI=1S/C12H17NO7S3/c1-6-5-8(20-7(2)18-3)9-10(19-4)12(23(13,16)17)21-11(9)22(6,14)15/h7-8H,1,5H2,2-4H3,(H2,13,16,17). The summed E-state index contributed by atoms with van der Waals surface area (Å²) >= 11 is 0.535. The summed E-state index contributed by atoms with van der Waals surface area (Å²) in [6.45, 7) is 5.18. The maximum Gasteiger partial charge on any atom is 0.251 e. The van der Waals surface area contributed by atoms with E-state index >= 15 is 0 Å². The van der Waals surface area contributed by atoms with E-state index in [-0.39, 0.29) is 31.1 Å². The summed E-state index contributed by atoms with van der Waals surface area (Å²) in [6.07, 6.45) is -1.43. The first-order valence-electron chi connectivity index (χ1n) is 6.38. The van der Waals surface area contributed by atoms with Gasteiger partial charge < -0.3 is 14.2 Å². The van der Waals surface area contributed by atoms with Crippen LogP contribution in [0, 0.1) is 0 Å². The zero-order valence-electron chi connectivity index (χ0n) is 12.7. The Labute approximate surface area is 138 Å². The number of hydrogen-bond donors (Lipinski definition) is 1. The van der Waals surface area contributed by atoms with E-state index in [9.17, 15) is 16.8 Å². The topological polar surface area (TPSA) is 122 Å². The van der Waals surface area contributed by atoms with Crippen molar-refractivity contribution in [1.29, 1.82) is 0 Å². The highest BCUT2D eigenvalue weighted by molar-refractivity contribution is 7.98. The maximum atomic E-state index is 12.4. The van der Waals surface area contributed by atoms with Gasteiger partial charge in [0.2, 0.25) is 9.84 Å². The van der Waals surface area contributed by atoms with Crippen molar-refractivity contribution in [3.63, 3.8) is 0 Å². The second kappa shape index (κ2) is 6.15. The molecule has 1 aliphatic rings. The summed E-state index contributed by atoms with van der Waals surface area (Å²) in [7, 11) is -5.35. The van der Waals surface area contributed by atoms with E-state index in [4.69, 9.17) is 19.3 Å². The van der Waals surface area contributed by atoms with Crippen molar-refractivity contribution < 1.29 is 31.0 Å². The lowest BCUT2D eigenvalue weighted by Gasteiger charge is -2.27. The summed E-state index contributed by atoms with van der Waals surface area (Å²) in [5.74, 6) is -0.114.